The van der Waals surface area contributed by atoms with Crippen LogP contribution in [0, 0.1) is 0 Å². The molecule has 1 N–H and O–H groups in total. The Hall–Kier alpha value is -2.71. The molecule has 110 valence electrons. The van der Waals surface area contributed by atoms with Crippen LogP contribution in [0.15, 0.2) is 36.9 Å². The number of alkyl halides is 3. The average Bonchev–Trinajstić information content (AvgIpc) is 2.46. The molecule has 0 fully saturated rings. The molecule has 0 aliphatic heterocycles. The summed E-state index contributed by atoms with van der Waals surface area (Å²) in [5.74, 6) is -0.633. The third-order valence-electron chi connectivity index (χ3n) is 2.19. The predicted molar refractivity (Wildman–Crippen MR) is 65.8 cm³/mol. The molecule has 0 radical (unpaired) electrons. The molecule has 0 aliphatic carbocycles. The van der Waals surface area contributed by atoms with E-state index < -0.39 is 18.7 Å². The lowest BCUT2D eigenvalue weighted by Gasteiger charge is -2.09. The number of nitrogens with one attached hydrogen (secondary N) is 1. The highest BCUT2D eigenvalue weighted by atomic mass is 19.4. The number of nitrogens with zero attached hydrogens (tertiary/aromatic N) is 3. The van der Waals surface area contributed by atoms with Gasteiger partial charge in [-0.3, -0.25) is 9.78 Å². The number of hydrogen-bond acceptors (Lipinski definition) is 5. The van der Waals surface area contributed by atoms with E-state index in [-0.39, 0.29) is 17.3 Å². The van der Waals surface area contributed by atoms with Crippen LogP contribution < -0.4 is 10.1 Å². The lowest BCUT2D eigenvalue weighted by atomic mass is 10.2. The number of aromatic nitrogens is 3. The molecule has 1 amide bonds. The van der Waals surface area contributed by atoms with Crippen LogP contribution in [0.1, 0.15) is 10.4 Å². The molecule has 2 rings (SSSR count). The van der Waals surface area contributed by atoms with Crippen molar-refractivity contribution in [3.05, 3.63) is 42.5 Å². The van der Waals surface area contributed by atoms with Crippen LogP contribution >= 0.6 is 0 Å². The maximum Gasteiger partial charge on any atom is 0.422 e. The number of ether oxygens (including phenoxy) is 1. The summed E-state index contributed by atoms with van der Waals surface area (Å²) in [4.78, 5) is 23.1. The molecule has 0 aromatic carbocycles. The Bertz CT molecular complexity index is 619. The molecule has 2 aromatic rings. The first-order chi connectivity index (χ1) is 9.94. The first-order valence-electron chi connectivity index (χ1n) is 5.67. The first-order valence-corrected chi connectivity index (χ1v) is 5.67. The van der Waals surface area contributed by atoms with E-state index >= 15 is 0 Å². The zero-order chi connectivity index (χ0) is 15.3. The number of carbonyl (C=O) groups excluding carboxylic acids is 1. The summed E-state index contributed by atoms with van der Waals surface area (Å²) >= 11 is 0. The van der Waals surface area contributed by atoms with Crippen LogP contribution in [0.3, 0.4) is 0 Å². The van der Waals surface area contributed by atoms with Crippen molar-refractivity contribution in [2.45, 2.75) is 6.18 Å². The van der Waals surface area contributed by atoms with Gasteiger partial charge in [-0.2, -0.15) is 13.2 Å². The summed E-state index contributed by atoms with van der Waals surface area (Å²) in [6.45, 7) is -1.48. The Kier molecular flexibility index (Phi) is 4.31. The van der Waals surface area contributed by atoms with E-state index in [1.165, 1.54) is 30.9 Å². The van der Waals surface area contributed by atoms with Gasteiger partial charge in [-0.1, -0.05) is 0 Å². The fourth-order valence-corrected chi connectivity index (χ4v) is 1.34. The number of amides is 1. The summed E-state index contributed by atoms with van der Waals surface area (Å²) in [6.07, 6.45) is 0.863. The van der Waals surface area contributed by atoms with Gasteiger partial charge in [-0.15, -0.1) is 0 Å². The highest BCUT2D eigenvalue weighted by Crippen LogP contribution is 2.17. The fourth-order valence-electron chi connectivity index (χ4n) is 1.34. The second kappa shape index (κ2) is 6.16. The summed E-state index contributed by atoms with van der Waals surface area (Å²) in [6, 6.07) is 2.45. The molecule has 0 aliphatic rings. The fraction of sp³-hybridized carbons (Fsp3) is 0.167. The van der Waals surface area contributed by atoms with Crippen molar-refractivity contribution in [1.82, 2.24) is 15.0 Å². The summed E-state index contributed by atoms with van der Waals surface area (Å²) in [5, 5.41) is 2.44. The largest absolute Gasteiger partial charge is 0.468 e. The van der Waals surface area contributed by atoms with Gasteiger partial charge in [0.15, 0.2) is 12.4 Å². The third-order valence-corrected chi connectivity index (χ3v) is 2.19. The molecule has 21 heavy (non-hydrogen) atoms. The Morgan fingerprint density at radius 2 is 2.05 bits per heavy atom. The van der Waals surface area contributed by atoms with Gasteiger partial charge in [-0.25, -0.2) is 9.97 Å². The second-order valence-corrected chi connectivity index (χ2v) is 3.83. The lowest BCUT2D eigenvalue weighted by molar-refractivity contribution is -0.154. The molecule has 2 heterocycles. The van der Waals surface area contributed by atoms with Crippen LogP contribution in [0.2, 0.25) is 0 Å². The van der Waals surface area contributed by atoms with Gasteiger partial charge in [0, 0.05) is 30.2 Å². The molecule has 0 spiro atoms. The van der Waals surface area contributed by atoms with E-state index in [0.717, 1.165) is 6.07 Å². The van der Waals surface area contributed by atoms with Crippen LogP contribution in [0.5, 0.6) is 5.88 Å². The van der Waals surface area contributed by atoms with Gasteiger partial charge in [0.2, 0.25) is 5.88 Å². The van der Waals surface area contributed by atoms with Crippen molar-refractivity contribution in [3.8, 4) is 5.88 Å². The molecule has 9 heteroatoms. The number of halogens is 3. The second-order valence-electron chi connectivity index (χ2n) is 3.83. The van der Waals surface area contributed by atoms with E-state index in [4.69, 9.17) is 0 Å². The molecule has 0 unspecified atom stereocenters. The van der Waals surface area contributed by atoms with Crippen molar-refractivity contribution in [2.75, 3.05) is 11.9 Å². The SMILES string of the molecule is O=C(Nc1cnccn1)c1ccnc(OCC(F)(F)F)c1. The zero-order valence-electron chi connectivity index (χ0n) is 10.5. The number of anilines is 1. The van der Waals surface area contributed by atoms with Gasteiger partial charge < -0.3 is 10.1 Å². The van der Waals surface area contributed by atoms with Crippen molar-refractivity contribution in [1.29, 1.82) is 0 Å². The molecule has 0 saturated heterocycles. The molecule has 2 aromatic heterocycles. The highest BCUT2D eigenvalue weighted by molar-refractivity contribution is 6.03. The molecular formula is C12H9F3N4O2. The van der Waals surface area contributed by atoms with E-state index in [2.05, 4.69) is 25.0 Å². The number of rotatable bonds is 4. The molecule has 6 nitrogen and oxygen atoms in total. The van der Waals surface area contributed by atoms with Crippen LogP contribution in [0.4, 0.5) is 19.0 Å². The van der Waals surface area contributed by atoms with E-state index in [0.29, 0.717) is 0 Å². The van der Waals surface area contributed by atoms with Crippen molar-refractivity contribution in [3.63, 3.8) is 0 Å². The van der Waals surface area contributed by atoms with Crippen molar-refractivity contribution in [2.24, 2.45) is 0 Å². The van der Waals surface area contributed by atoms with Gasteiger partial charge in [0.1, 0.15) is 0 Å². The minimum absolute atomic E-state index is 0.0906. The molecule has 0 atom stereocenters. The summed E-state index contributed by atoms with van der Waals surface area (Å²) < 4.78 is 40.6. The van der Waals surface area contributed by atoms with Crippen LogP contribution in [0.25, 0.3) is 0 Å². The summed E-state index contributed by atoms with van der Waals surface area (Å²) in [7, 11) is 0. The third kappa shape index (κ3) is 4.71. The van der Waals surface area contributed by atoms with E-state index in [1.807, 2.05) is 0 Å². The summed E-state index contributed by atoms with van der Waals surface area (Å²) in [5.41, 5.74) is 0.0906. The normalized spacial score (nSPS) is 11.0. The Morgan fingerprint density at radius 1 is 1.24 bits per heavy atom. The smallest absolute Gasteiger partial charge is 0.422 e. The zero-order valence-corrected chi connectivity index (χ0v) is 10.5. The lowest BCUT2D eigenvalue weighted by Crippen LogP contribution is -2.20. The quantitative estimate of drug-likeness (QED) is 0.935. The van der Waals surface area contributed by atoms with Gasteiger partial charge in [-0.05, 0) is 6.07 Å². The Balaban J connectivity index is 2.05. The molecule has 0 saturated carbocycles. The minimum Gasteiger partial charge on any atom is -0.468 e. The maximum atomic E-state index is 12.0. The number of pyridine rings is 1. The topological polar surface area (TPSA) is 77.0 Å². The van der Waals surface area contributed by atoms with E-state index in [1.54, 1.807) is 0 Å². The monoisotopic (exact) mass is 298 g/mol. The Labute approximate surface area is 117 Å². The van der Waals surface area contributed by atoms with Gasteiger partial charge >= 0.3 is 6.18 Å². The standard InChI is InChI=1S/C12H9F3N4O2/c13-12(14,15)7-21-10-5-8(1-2-18-10)11(20)19-9-6-16-3-4-17-9/h1-6H,7H2,(H,17,19,20). The van der Waals surface area contributed by atoms with Crippen LogP contribution in [-0.4, -0.2) is 33.6 Å². The van der Waals surface area contributed by atoms with Crippen molar-refractivity contribution < 1.29 is 22.7 Å². The van der Waals surface area contributed by atoms with Crippen molar-refractivity contribution >= 4 is 11.7 Å². The minimum atomic E-state index is -4.47. The average molecular weight is 298 g/mol. The van der Waals surface area contributed by atoms with Gasteiger partial charge in [0.25, 0.3) is 5.91 Å². The van der Waals surface area contributed by atoms with Crippen LogP contribution in [-0.2, 0) is 0 Å². The Morgan fingerprint density at radius 3 is 2.71 bits per heavy atom. The first kappa shape index (κ1) is 14.7. The van der Waals surface area contributed by atoms with E-state index in [9.17, 15) is 18.0 Å². The molecule has 0 bridgehead atoms. The molecular weight excluding hydrogens is 289 g/mol. The highest BCUT2D eigenvalue weighted by Gasteiger charge is 2.28. The van der Waals surface area contributed by atoms with Gasteiger partial charge in [0.05, 0.1) is 6.20 Å². The number of hydrogen-bond donors (Lipinski definition) is 1. The maximum absolute atomic E-state index is 12.0. The predicted octanol–water partition coefficient (Wildman–Crippen LogP) is 2.06. The number of carbonyl (C=O) groups is 1.